The van der Waals surface area contributed by atoms with Gasteiger partial charge >= 0.3 is 0 Å². The molecule has 1 aliphatic heterocycles. The van der Waals surface area contributed by atoms with Crippen LogP contribution in [0.4, 0.5) is 0 Å². The topological polar surface area (TPSA) is 70.2 Å². The molecule has 2 N–H and O–H groups in total. The highest BCUT2D eigenvalue weighted by Crippen LogP contribution is 2.27. The third-order valence-corrected chi connectivity index (χ3v) is 6.03. The molecule has 1 amide bonds. The average molecular weight is 383 g/mol. The van der Waals surface area contributed by atoms with Crippen LogP contribution in [0.15, 0.2) is 30.3 Å². The number of ether oxygens (including phenoxy) is 1. The van der Waals surface area contributed by atoms with Crippen molar-refractivity contribution in [1.29, 1.82) is 0 Å². The Morgan fingerprint density at radius 2 is 2.00 bits per heavy atom. The first-order valence-corrected chi connectivity index (χ1v) is 10.4. The van der Waals surface area contributed by atoms with E-state index in [9.17, 15) is 4.79 Å². The van der Waals surface area contributed by atoms with Crippen molar-refractivity contribution in [3.8, 4) is 5.75 Å². The van der Waals surface area contributed by atoms with E-state index in [1.54, 1.807) is 7.11 Å². The van der Waals surface area contributed by atoms with Crippen LogP contribution in [0.3, 0.4) is 0 Å². The summed E-state index contributed by atoms with van der Waals surface area (Å²) in [7, 11) is 1.69. The first-order valence-electron chi connectivity index (χ1n) is 10.4. The molecule has 1 saturated carbocycles. The Balaban J connectivity index is 1.35. The summed E-state index contributed by atoms with van der Waals surface area (Å²) in [5.74, 6) is 1.24. The Labute approximate surface area is 166 Å². The van der Waals surface area contributed by atoms with Gasteiger partial charge < -0.3 is 10.1 Å². The molecule has 1 aliphatic carbocycles. The number of H-pyrrole nitrogens is 1. The molecule has 4 rings (SSSR count). The lowest BCUT2D eigenvalue weighted by molar-refractivity contribution is 0.0933. The van der Waals surface area contributed by atoms with E-state index in [4.69, 9.17) is 4.74 Å². The molecule has 1 atom stereocenters. The van der Waals surface area contributed by atoms with Crippen LogP contribution in [-0.2, 0) is 6.54 Å². The smallest absolute Gasteiger partial charge is 0.271 e. The van der Waals surface area contributed by atoms with E-state index in [0.717, 1.165) is 56.8 Å². The number of carbonyl (C=O) groups is 1. The number of aromatic amines is 1. The average Bonchev–Trinajstić information content (AvgIpc) is 3.41. The van der Waals surface area contributed by atoms with Crippen molar-refractivity contribution in [2.75, 3.05) is 20.2 Å². The maximum absolute atomic E-state index is 12.4. The Kier molecular flexibility index (Phi) is 5.95. The van der Waals surface area contributed by atoms with Crippen molar-refractivity contribution < 1.29 is 9.53 Å². The standard InChI is InChI=1S/C22H30N4O2/c1-28-19-10-8-16(9-11-19)14-26-12-4-5-17(15-26)20-13-21(25-24-20)22(27)23-18-6-2-3-7-18/h8-11,13,17-18H,2-7,12,14-15H2,1H3,(H,23,27)(H,24,25)/t17-/m0/s1. The summed E-state index contributed by atoms with van der Waals surface area (Å²) >= 11 is 0. The zero-order valence-electron chi connectivity index (χ0n) is 16.6. The predicted octanol–water partition coefficient (Wildman–Crippen LogP) is 3.47. The van der Waals surface area contributed by atoms with Crippen molar-refractivity contribution in [2.24, 2.45) is 0 Å². The molecule has 2 heterocycles. The zero-order chi connectivity index (χ0) is 19.3. The maximum atomic E-state index is 12.4. The van der Waals surface area contributed by atoms with Gasteiger partial charge in [0.05, 0.1) is 7.11 Å². The molecule has 28 heavy (non-hydrogen) atoms. The molecule has 0 unspecified atom stereocenters. The summed E-state index contributed by atoms with van der Waals surface area (Å²) in [6.07, 6.45) is 6.89. The zero-order valence-corrected chi connectivity index (χ0v) is 16.6. The number of hydrogen-bond donors (Lipinski definition) is 2. The molecule has 6 nitrogen and oxygen atoms in total. The second-order valence-corrected chi connectivity index (χ2v) is 8.09. The number of likely N-dealkylation sites (tertiary alicyclic amines) is 1. The fourth-order valence-corrected chi connectivity index (χ4v) is 4.43. The third kappa shape index (κ3) is 4.55. The van der Waals surface area contributed by atoms with E-state index in [1.807, 2.05) is 18.2 Å². The van der Waals surface area contributed by atoms with Crippen LogP contribution < -0.4 is 10.1 Å². The molecule has 150 valence electrons. The molecule has 6 heteroatoms. The number of nitrogens with one attached hydrogen (secondary N) is 2. The van der Waals surface area contributed by atoms with Gasteiger partial charge in [-0.1, -0.05) is 25.0 Å². The summed E-state index contributed by atoms with van der Waals surface area (Å²) < 4.78 is 5.24. The number of aromatic nitrogens is 2. The van der Waals surface area contributed by atoms with E-state index in [0.29, 0.717) is 17.7 Å². The minimum Gasteiger partial charge on any atom is -0.497 e. The van der Waals surface area contributed by atoms with Crippen LogP contribution in [0.2, 0.25) is 0 Å². The molecule has 0 spiro atoms. The number of rotatable bonds is 6. The fourth-order valence-electron chi connectivity index (χ4n) is 4.43. The normalized spacial score (nSPS) is 21.0. The molecule has 1 saturated heterocycles. The molecule has 2 aliphatic rings. The van der Waals surface area contributed by atoms with E-state index in [-0.39, 0.29) is 5.91 Å². The summed E-state index contributed by atoms with van der Waals surface area (Å²) in [6.45, 7) is 3.02. The Morgan fingerprint density at radius 1 is 1.21 bits per heavy atom. The van der Waals surface area contributed by atoms with Gasteiger partial charge in [0.1, 0.15) is 11.4 Å². The highest BCUT2D eigenvalue weighted by atomic mass is 16.5. The van der Waals surface area contributed by atoms with Crippen LogP contribution in [-0.4, -0.2) is 47.2 Å². The minimum atomic E-state index is -0.0414. The van der Waals surface area contributed by atoms with Crippen LogP contribution in [0.1, 0.15) is 66.2 Å². The van der Waals surface area contributed by atoms with Gasteiger partial charge in [-0.25, -0.2) is 0 Å². The van der Waals surface area contributed by atoms with Crippen molar-refractivity contribution in [2.45, 2.75) is 57.0 Å². The lowest BCUT2D eigenvalue weighted by Gasteiger charge is -2.32. The van der Waals surface area contributed by atoms with Gasteiger partial charge in [0.2, 0.25) is 0 Å². The molecular weight excluding hydrogens is 352 g/mol. The highest BCUT2D eigenvalue weighted by Gasteiger charge is 2.25. The molecule has 0 bridgehead atoms. The number of benzene rings is 1. The van der Waals surface area contributed by atoms with Crippen LogP contribution in [0, 0.1) is 0 Å². The van der Waals surface area contributed by atoms with Crippen molar-refractivity contribution in [1.82, 2.24) is 20.4 Å². The van der Waals surface area contributed by atoms with Gasteiger partial charge in [-0.05, 0) is 56.0 Å². The van der Waals surface area contributed by atoms with Gasteiger partial charge in [0, 0.05) is 30.7 Å². The monoisotopic (exact) mass is 382 g/mol. The molecule has 1 aromatic heterocycles. The van der Waals surface area contributed by atoms with E-state index >= 15 is 0 Å². The fraction of sp³-hybridized carbons (Fsp3) is 0.545. The number of piperidine rings is 1. The van der Waals surface area contributed by atoms with Gasteiger partial charge in [0.15, 0.2) is 0 Å². The van der Waals surface area contributed by atoms with E-state index < -0.39 is 0 Å². The molecule has 2 aromatic rings. The van der Waals surface area contributed by atoms with E-state index in [2.05, 4.69) is 32.5 Å². The summed E-state index contributed by atoms with van der Waals surface area (Å²) in [4.78, 5) is 14.9. The number of carbonyl (C=O) groups excluding carboxylic acids is 1. The van der Waals surface area contributed by atoms with Crippen molar-refractivity contribution in [3.63, 3.8) is 0 Å². The largest absolute Gasteiger partial charge is 0.497 e. The number of amides is 1. The van der Waals surface area contributed by atoms with E-state index in [1.165, 1.54) is 18.4 Å². The van der Waals surface area contributed by atoms with Crippen molar-refractivity contribution >= 4 is 5.91 Å². The summed E-state index contributed by atoms with van der Waals surface area (Å²) in [5, 5.41) is 10.5. The number of methoxy groups -OCH3 is 1. The van der Waals surface area contributed by atoms with Gasteiger partial charge in [-0.3, -0.25) is 14.8 Å². The lowest BCUT2D eigenvalue weighted by atomic mass is 9.94. The number of nitrogens with zero attached hydrogens (tertiary/aromatic N) is 2. The highest BCUT2D eigenvalue weighted by molar-refractivity contribution is 5.92. The van der Waals surface area contributed by atoms with Gasteiger partial charge in [0.25, 0.3) is 5.91 Å². The molecule has 2 fully saturated rings. The molecule has 0 radical (unpaired) electrons. The Morgan fingerprint density at radius 3 is 2.75 bits per heavy atom. The van der Waals surface area contributed by atoms with Crippen molar-refractivity contribution in [3.05, 3.63) is 47.3 Å². The van der Waals surface area contributed by atoms with Crippen LogP contribution >= 0.6 is 0 Å². The quantitative estimate of drug-likeness (QED) is 0.803. The lowest BCUT2D eigenvalue weighted by Crippen LogP contribution is -2.34. The predicted molar refractivity (Wildman–Crippen MR) is 109 cm³/mol. The third-order valence-electron chi connectivity index (χ3n) is 6.03. The second kappa shape index (κ2) is 8.78. The molecular formula is C22H30N4O2. The minimum absolute atomic E-state index is 0.0414. The summed E-state index contributed by atoms with van der Waals surface area (Å²) in [6, 6.07) is 10.6. The van der Waals surface area contributed by atoms with Crippen LogP contribution in [0.25, 0.3) is 0 Å². The summed E-state index contributed by atoms with van der Waals surface area (Å²) in [5.41, 5.74) is 2.90. The molecule has 1 aromatic carbocycles. The van der Waals surface area contributed by atoms with Gasteiger partial charge in [-0.2, -0.15) is 5.10 Å². The Hall–Kier alpha value is -2.34. The Bertz CT molecular complexity index is 780. The second-order valence-electron chi connectivity index (χ2n) is 8.09. The first kappa shape index (κ1) is 19.0. The van der Waals surface area contributed by atoms with Gasteiger partial charge in [-0.15, -0.1) is 0 Å². The first-order chi connectivity index (χ1) is 13.7. The SMILES string of the molecule is COc1ccc(CN2CCC[C@H](c3cc(C(=O)NC4CCCC4)n[nH]3)C2)cc1. The van der Waals surface area contributed by atoms with Crippen LogP contribution in [0.5, 0.6) is 5.75 Å². The number of hydrogen-bond acceptors (Lipinski definition) is 4. The maximum Gasteiger partial charge on any atom is 0.271 e.